The van der Waals surface area contributed by atoms with Crippen LogP contribution in [-0.4, -0.2) is 9.49 Å². The first kappa shape index (κ1) is 14.7. The Balaban J connectivity index is 2.50. The third-order valence-corrected chi connectivity index (χ3v) is 3.49. The minimum absolute atomic E-state index is 0.0953. The number of halogens is 2. The summed E-state index contributed by atoms with van der Waals surface area (Å²) in [5, 5.41) is 11.3. The molecule has 2 aromatic rings. The summed E-state index contributed by atoms with van der Waals surface area (Å²) in [7, 11) is 0. The van der Waals surface area contributed by atoms with E-state index in [1.807, 2.05) is 0 Å². The molecule has 0 unspecified atom stereocenters. The quantitative estimate of drug-likeness (QED) is 0.623. The van der Waals surface area contributed by atoms with E-state index in [4.69, 9.17) is 11.6 Å². The summed E-state index contributed by atoms with van der Waals surface area (Å²) in [4.78, 5) is 22.5. The van der Waals surface area contributed by atoms with Gasteiger partial charge < -0.3 is 4.57 Å². The van der Waals surface area contributed by atoms with Crippen LogP contribution >= 0.6 is 27.5 Å². The molecule has 0 saturated carbocycles. The van der Waals surface area contributed by atoms with Crippen molar-refractivity contribution in [2.45, 2.75) is 13.5 Å². The lowest BCUT2D eigenvalue weighted by Crippen LogP contribution is -2.22. The molecule has 0 amide bonds. The number of rotatable bonds is 3. The van der Waals surface area contributed by atoms with E-state index in [-0.39, 0.29) is 17.8 Å². The normalized spacial score (nSPS) is 10.6. The van der Waals surface area contributed by atoms with Crippen LogP contribution < -0.4 is 5.56 Å². The Morgan fingerprint density at radius 3 is 2.75 bits per heavy atom. The number of aromatic nitrogens is 1. The van der Waals surface area contributed by atoms with Crippen LogP contribution in [-0.2, 0) is 6.54 Å². The first-order valence-corrected chi connectivity index (χ1v) is 6.85. The number of hydrogen-bond acceptors (Lipinski definition) is 3. The van der Waals surface area contributed by atoms with Crippen LogP contribution in [0.25, 0.3) is 0 Å². The topological polar surface area (TPSA) is 65.1 Å². The van der Waals surface area contributed by atoms with Crippen molar-refractivity contribution in [3.05, 3.63) is 71.6 Å². The Bertz CT molecular complexity index is 743. The molecule has 1 aromatic carbocycles. The molecule has 5 nitrogen and oxygen atoms in total. The fourth-order valence-corrected chi connectivity index (χ4v) is 2.64. The van der Waals surface area contributed by atoms with Crippen molar-refractivity contribution >= 4 is 33.2 Å². The molecule has 104 valence electrons. The minimum Gasteiger partial charge on any atom is -0.309 e. The van der Waals surface area contributed by atoms with Crippen LogP contribution in [0.4, 0.5) is 5.69 Å². The molecule has 0 fully saturated rings. The molecule has 0 spiro atoms. The molecule has 0 aliphatic heterocycles. The van der Waals surface area contributed by atoms with Crippen LogP contribution in [0.5, 0.6) is 0 Å². The first-order chi connectivity index (χ1) is 9.38. The van der Waals surface area contributed by atoms with Crippen LogP contribution in [0.2, 0.25) is 5.02 Å². The van der Waals surface area contributed by atoms with Gasteiger partial charge in [0.05, 0.1) is 11.5 Å². The Morgan fingerprint density at radius 1 is 1.40 bits per heavy atom. The fraction of sp³-hybridized carbons (Fsp3) is 0.154. The summed E-state index contributed by atoms with van der Waals surface area (Å²) in [6.45, 7) is 1.81. The summed E-state index contributed by atoms with van der Waals surface area (Å²) in [6.07, 6.45) is 1.60. The lowest BCUT2D eigenvalue weighted by Gasteiger charge is -2.08. The summed E-state index contributed by atoms with van der Waals surface area (Å²) >= 11 is 9.07. The number of pyridine rings is 1. The second-order valence-corrected chi connectivity index (χ2v) is 5.66. The van der Waals surface area contributed by atoms with Gasteiger partial charge in [-0.05, 0) is 41.1 Å². The largest absolute Gasteiger partial charge is 0.309 e. The van der Waals surface area contributed by atoms with Gasteiger partial charge in [0.1, 0.15) is 0 Å². The number of benzene rings is 1. The van der Waals surface area contributed by atoms with Crippen LogP contribution in [0.15, 0.2) is 39.7 Å². The van der Waals surface area contributed by atoms with Crippen molar-refractivity contribution in [1.29, 1.82) is 0 Å². The van der Waals surface area contributed by atoms with Crippen LogP contribution in [0, 0.1) is 17.0 Å². The summed E-state index contributed by atoms with van der Waals surface area (Å²) in [5.41, 5.74) is 0.717. The standard InChI is InChI=1S/C13H10BrClN2O3/c1-8-4-10(14)7-16(13(8)18)6-9-2-3-11(15)5-12(9)17(19)20/h2-5,7H,6H2,1H3. The molecule has 0 aliphatic rings. The van der Waals surface area contributed by atoms with E-state index in [9.17, 15) is 14.9 Å². The lowest BCUT2D eigenvalue weighted by atomic mass is 10.1. The highest BCUT2D eigenvalue weighted by Gasteiger charge is 2.15. The smallest absolute Gasteiger partial charge is 0.275 e. The van der Waals surface area contributed by atoms with Crippen molar-refractivity contribution in [1.82, 2.24) is 4.57 Å². The van der Waals surface area contributed by atoms with E-state index < -0.39 is 4.92 Å². The third-order valence-electron chi connectivity index (χ3n) is 2.82. The highest BCUT2D eigenvalue weighted by atomic mass is 79.9. The highest BCUT2D eigenvalue weighted by Crippen LogP contribution is 2.24. The molecule has 1 aromatic heterocycles. The summed E-state index contributed by atoms with van der Waals surface area (Å²) in [5.74, 6) is 0. The second kappa shape index (κ2) is 5.76. The van der Waals surface area contributed by atoms with Gasteiger partial charge in [-0.3, -0.25) is 14.9 Å². The van der Waals surface area contributed by atoms with Crippen molar-refractivity contribution in [2.24, 2.45) is 0 Å². The highest BCUT2D eigenvalue weighted by molar-refractivity contribution is 9.10. The van der Waals surface area contributed by atoms with Gasteiger partial charge >= 0.3 is 0 Å². The van der Waals surface area contributed by atoms with E-state index in [0.29, 0.717) is 16.1 Å². The third kappa shape index (κ3) is 3.08. The molecule has 1 heterocycles. The molecule has 0 N–H and O–H groups in total. The molecule has 20 heavy (non-hydrogen) atoms. The predicted octanol–water partition coefficient (Wildman–Crippen LogP) is 3.53. The second-order valence-electron chi connectivity index (χ2n) is 4.30. The Labute approximate surface area is 128 Å². The fourth-order valence-electron chi connectivity index (χ4n) is 1.88. The monoisotopic (exact) mass is 356 g/mol. The number of aryl methyl sites for hydroxylation is 1. The first-order valence-electron chi connectivity index (χ1n) is 5.68. The Hall–Kier alpha value is -1.66. The lowest BCUT2D eigenvalue weighted by molar-refractivity contribution is -0.385. The molecule has 0 aliphatic carbocycles. The van der Waals surface area contributed by atoms with Gasteiger partial charge in [0.2, 0.25) is 0 Å². The SMILES string of the molecule is Cc1cc(Br)cn(Cc2ccc(Cl)cc2[N+](=O)[O-])c1=O. The van der Waals surface area contributed by atoms with Gasteiger partial charge in [-0.25, -0.2) is 0 Å². The molecular weight excluding hydrogens is 348 g/mol. The summed E-state index contributed by atoms with van der Waals surface area (Å²) in [6, 6.07) is 6.12. The van der Waals surface area contributed by atoms with E-state index in [0.717, 1.165) is 4.47 Å². The van der Waals surface area contributed by atoms with E-state index in [1.165, 1.54) is 10.6 Å². The minimum atomic E-state index is -0.503. The zero-order valence-corrected chi connectivity index (χ0v) is 12.8. The van der Waals surface area contributed by atoms with Gasteiger partial charge in [0.15, 0.2) is 0 Å². The zero-order valence-electron chi connectivity index (χ0n) is 10.5. The molecular formula is C13H10BrClN2O3. The molecule has 0 atom stereocenters. The molecule has 0 saturated heterocycles. The van der Waals surface area contributed by atoms with Gasteiger partial charge in [-0.15, -0.1) is 0 Å². The van der Waals surface area contributed by atoms with Crippen molar-refractivity contribution in [3.63, 3.8) is 0 Å². The number of hydrogen-bond donors (Lipinski definition) is 0. The molecule has 2 rings (SSSR count). The van der Waals surface area contributed by atoms with Crippen molar-refractivity contribution in [2.75, 3.05) is 0 Å². The average Bonchev–Trinajstić information content (AvgIpc) is 2.37. The van der Waals surface area contributed by atoms with Crippen molar-refractivity contribution < 1.29 is 4.92 Å². The van der Waals surface area contributed by atoms with Crippen LogP contribution in [0.1, 0.15) is 11.1 Å². The van der Waals surface area contributed by atoms with Gasteiger partial charge in [0.25, 0.3) is 11.2 Å². The molecule has 0 bridgehead atoms. The Kier molecular flexibility index (Phi) is 4.25. The number of nitro benzene ring substituents is 1. The van der Waals surface area contributed by atoms with E-state index >= 15 is 0 Å². The predicted molar refractivity (Wildman–Crippen MR) is 80.3 cm³/mol. The van der Waals surface area contributed by atoms with Gasteiger partial charge in [-0.1, -0.05) is 11.6 Å². The zero-order chi connectivity index (χ0) is 14.9. The maximum atomic E-state index is 12.0. The number of nitro groups is 1. The van der Waals surface area contributed by atoms with Crippen LogP contribution in [0.3, 0.4) is 0 Å². The average molecular weight is 358 g/mol. The maximum absolute atomic E-state index is 12.0. The Morgan fingerprint density at radius 2 is 2.10 bits per heavy atom. The molecule has 7 heteroatoms. The van der Waals surface area contributed by atoms with E-state index in [2.05, 4.69) is 15.9 Å². The maximum Gasteiger partial charge on any atom is 0.275 e. The van der Waals surface area contributed by atoms with Gasteiger partial charge in [0, 0.05) is 32.9 Å². The van der Waals surface area contributed by atoms with Crippen molar-refractivity contribution in [3.8, 4) is 0 Å². The molecule has 0 radical (unpaired) electrons. The van der Waals surface area contributed by atoms with Gasteiger partial charge in [-0.2, -0.15) is 0 Å². The number of nitrogens with zero attached hydrogens (tertiary/aromatic N) is 2. The van der Waals surface area contributed by atoms with E-state index in [1.54, 1.807) is 31.3 Å². The summed E-state index contributed by atoms with van der Waals surface area (Å²) < 4.78 is 2.17.